The summed E-state index contributed by atoms with van der Waals surface area (Å²) in [6.45, 7) is 1.74. The molecule has 0 saturated carbocycles. The van der Waals surface area contributed by atoms with Crippen LogP contribution in [-0.4, -0.2) is 14.9 Å². The minimum absolute atomic E-state index is 0.171. The second-order valence-electron chi connectivity index (χ2n) is 3.00. The summed E-state index contributed by atoms with van der Waals surface area (Å²) in [7, 11) is 0. The van der Waals surface area contributed by atoms with Crippen molar-refractivity contribution < 1.29 is 5.11 Å². The number of aromatic nitrogens is 2. The van der Waals surface area contributed by atoms with Crippen molar-refractivity contribution in [3.8, 4) is 11.4 Å². The highest BCUT2D eigenvalue weighted by molar-refractivity contribution is 6.32. The highest BCUT2D eigenvalue weighted by atomic mass is 35.5. The predicted molar refractivity (Wildman–Crippen MR) is 55.0 cm³/mol. The van der Waals surface area contributed by atoms with Crippen molar-refractivity contribution in [2.45, 2.75) is 6.92 Å². The van der Waals surface area contributed by atoms with Crippen LogP contribution in [0.3, 0.4) is 0 Å². The molecule has 0 saturated heterocycles. The third kappa shape index (κ3) is 1.46. The standard InChI is InChI=1S/C10H9ClN2O/c1-7-10(14)6-13(12-7)9-5-3-2-4-8(9)11/h2-6,14H,1H3. The van der Waals surface area contributed by atoms with Gasteiger partial charge in [0.25, 0.3) is 0 Å². The summed E-state index contributed by atoms with van der Waals surface area (Å²) in [5.41, 5.74) is 1.35. The Kier molecular flexibility index (Phi) is 2.17. The normalized spacial score (nSPS) is 10.4. The zero-order valence-corrected chi connectivity index (χ0v) is 8.36. The molecule has 0 amide bonds. The molecule has 0 radical (unpaired) electrons. The summed E-state index contributed by atoms with van der Waals surface area (Å²) in [4.78, 5) is 0. The van der Waals surface area contributed by atoms with Gasteiger partial charge in [0.15, 0.2) is 5.75 Å². The van der Waals surface area contributed by atoms with Gasteiger partial charge in [0, 0.05) is 0 Å². The zero-order valence-electron chi connectivity index (χ0n) is 7.61. The van der Waals surface area contributed by atoms with Crippen LogP contribution in [0.5, 0.6) is 5.75 Å². The molecule has 0 bridgehead atoms. The number of benzene rings is 1. The van der Waals surface area contributed by atoms with Crippen molar-refractivity contribution in [1.82, 2.24) is 9.78 Å². The Hall–Kier alpha value is -1.48. The molecule has 0 aliphatic rings. The number of aryl methyl sites for hydroxylation is 1. The quantitative estimate of drug-likeness (QED) is 0.782. The number of hydrogen-bond acceptors (Lipinski definition) is 2. The minimum Gasteiger partial charge on any atom is -0.504 e. The maximum Gasteiger partial charge on any atom is 0.156 e. The monoisotopic (exact) mass is 208 g/mol. The Morgan fingerprint density at radius 1 is 1.36 bits per heavy atom. The molecule has 2 aromatic rings. The molecule has 0 aliphatic carbocycles. The highest BCUT2D eigenvalue weighted by Gasteiger charge is 2.06. The SMILES string of the molecule is Cc1nn(-c2ccccc2Cl)cc1O. The number of halogens is 1. The van der Waals surface area contributed by atoms with Gasteiger partial charge < -0.3 is 5.11 Å². The van der Waals surface area contributed by atoms with E-state index >= 15 is 0 Å². The lowest BCUT2D eigenvalue weighted by Crippen LogP contribution is -1.95. The van der Waals surface area contributed by atoms with E-state index in [9.17, 15) is 5.11 Å². The number of hydrogen-bond donors (Lipinski definition) is 1. The molecular formula is C10H9ClN2O. The molecule has 0 unspecified atom stereocenters. The first kappa shape index (κ1) is 9.09. The molecule has 0 spiro atoms. The number of rotatable bonds is 1. The Balaban J connectivity index is 2.55. The first-order valence-electron chi connectivity index (χ1n) is 4.18. The van der Waals surface area contributed by atoms with Crippen LogP contribution >= 0.6 is 11.6 Å². The molecule has 1 heterocycles. The van der Waals surface area contributed by atoms with Crippen molar-refractivity contribution in [3.05, 3.63) is 41.2 Å². The van der Waals surface area contributed by atoms with Gasteiger partial charge in [0.2, 0.25) is 0 Å². The largest absolute Gasteiger partial charge is 0.504 e. The lowest BCUT2D eigenvalue weighted by Gasteiger charge is -2.02. The highest BCUT2D eigenvalue weighted by Crippen LogP contribution is 2.22. The summed E-state index contributed by atoms with van der Waals surface area (Å²) in [6, 6.07) is 7.34. The van der Waals surface area contributed by atoms with Gasteiger partial charge in [-0.25, -0.2) is 4.68 Å². The van der Waals surface area contributed by atoms with Crippen LogP contribution < -0.4 is 0 Å². The molecule has 1 N–H and O–H groups in total. The fraction of sp³-hybridized carbons (Fsp3) is 0.100. The van der Waals surface area contributed by atoms with Crippen molar-refractivity contribution in [2.75, 3.05) is 0 Å². The van der Waals surface area contributed by atoms with E-state index in [-0.39, 0.29) is 5.75 Å². The lowest BCUT2D eigenvalue weighted by molar-refractivity contribution is 0.471. The van der Waals surface area contributed by atoms with E-state index in [0.717, 1.165) is 5.69 Å². The van der Waals surface area contributed by atoms with Crippen LogP contribution in [0.15, 0.2) is 30.5 Å². The second-order valence-corrected chi connectivity index (χ2v) is 3.40. The van der Waals surface area contributed by atoms with Gasteiger partial charge >= 0.3 is 0 Å². The van der Waals surface area contributed by atoms with Crippen LogP contribution in [0.4, 0.5) is 0 Å². The maximum atomic E-state index is 9.37. The average Bonchev–Trinajstić information content (AvgIpc) is 2.48. The summed E-state index contributed by atoms with van der Waals surface area (Å²) in [5.74, 6) is 0.171. The molecule has 72 valence electrons. The lowest BCUT2D eigenvalue weighted by atomic mass is 10.3. The molecule has 0 aliphatic heterocycles. The van der Waals surface area contributed by atoms with Crippen molar-refractivity contribution >= 4 is 11.6 Å². The van der Waals surface area contributed by atoms with Gasteiger partial charge in [0.05, 0.1) is 16.9 Å². The van der Waals surface area contributed by atoms with Crippen molar-refractivity contribution in [3.63, 3.8) is 0 Å². The molecule has 0 fully saturated rings. The van der Waals surface area contributed by atoms with E-state index in [1.165, 1.54) is 6.20 Å². The summed E-state index contributed by atoms with van der Waals surface area (Å²) in [5, 5.41) is 14.1. The predicted octanol–water partition coefficient (Wildman–Crippen LogP) is 2.54. The van der Waals surface area contributed by atoms with Crippen LogP contribution in [0, 0.1) is 6.92 Å². The maximum absolute atomic E-state index is 9.37. The van der Waals surface area contributed by atoms with Gasteiger partial charge in [-0.3, -0.25) is 0 Å². The fourth-order valence-corrected chi connectivity index (χ4v) is 1.43. The second kappa shape index (κ2) is 3.35. The van der Waals surface area contributed by atoms with Crippen molar-refractivity contribution in [1.29, 1.82) is 0 Å². The van der Waals surface area contributed by atoms with Gasteiger partial charge in [0.1, 0.15) is 5.69 Å². The third-order valence-corrected chi connectivity index (χ3v) is 2.29. The number of para-hydroxylation sites is 1. The van der Waals surface area contributed by atoms with E-state index in [4.69, 9.17) is 11.6 Å². The average molecular weight is 209 g/mol. The summed E-state index contributed by atoms with van der Waals surface area (Å²) >= 11 is 5.98. The first-order valence-corrected chi connectivity index (χ1v) is 4.56. The number of nitrogens with zero attached hydrogens (tertiary/aromatic N) is 2. The van der Waals surface area contributed by atoms with Gasteiger partial charge in [-0.2, -0.15) is 5.10 Å². The first-order chi connectivity index (χ1) is 6.68. The van der Waals surface area contributed by atoms with Gasteiger partial charge in [-0.15, -0.1) is 0 Å². The van der Waals surface area contributed by atoms with Crippen LogP contribution in [0.25, 0.3) is 5.69 Å². The van der Waals surface area contributed by atoms with E-state index in [1.807, 2.05) is 18.2 Å². The van der Waals surface area contributed by atoms with Crippen LogP contribution in [0.1, 0.15) is 5.69 Å². The van der Waals surface area contributed by atoms with Crippen LogP contribution in [-0.2, 0) is 0 Å². The van der Waals surface area contributed by atoms with E-state index in [0.29, 0.717) is 10.7 Å². The van der Waals surface area contributed by atoms with Gasteiger partial charge in [-0.05, 0) is 19.1 Å². The molecule has 1 aromatic heterocycles. The van der Waals surface area contributed by atoms with Crippen molar-refractivity contribution in [2.24, 2.45) is 0 Å². The third-order valence-electron chi connectivity index (χ3n) is 1.97. The molecule has 4 heteroatoms. The topological polar surface area (TPSA) is 38.0 Å². The Morgan fingerprint density at radius 3 is 2.64 bits per heavy atom. The molecule has 2 rings (SSSR count). The molecule has 3 nitrogen and oxygen atoms in total. The van der Waals surface area contributed by atoms with Gasteiger partial charge in [-0.1, -0.05) is 23.7 Å². The molecular weight excluding hydrogens is 200 g/mol. The molecule has 1 aromatic carbocycles. The molecule has 0 atom stereocenters. The summed E-state index contributed by atoms with van der Waals surface area (Å²) in [6.07, 6.45) is 1.54. The Labute approximate surface area is 86.6 Å². The van der Waals surface area contributed by atoms with E-state index in [1.54, 1.807) is 17.7 Å². The minimum atomic E-state index is 0.171. The summed E-state index contributed by atoms with van der Waals surface area (Å²) < 4.78 is 1.56. The van der Waals surface area contributed by atoms with E-state index < -0.39 is 0 Å². The number of aromatic hydroxyl groups is 1. The fourth-order valence-electron chi connectivity index (χ4n) is 1.21. The zero-order chi connectivity index (χ0) is 10.1. The Morgan fingerprint density at radius 2 is 2.07 bits per heavy atom. The van der Waals surface area contributed by atoms with E-state index in [2.05, 4.69) is 5.10 Å². The Bertz CT molecular complexity index is 445. The van der Waals surface area contributed by atoms with Crippen LogP contribution in [0.2, 0.25) is 5.02 Å². The molecule has 14 heavy (non-hydrogen) atoms. The smallest absolute Gasteiger partial charge is 0.156 e.